The Kier molecular flexibility index (Phi) is 6.07. The van der Waals surface area contributed by atoms with Crippen molar-refractivity contribution >= 4 is 0 Å². The van der Waals surface area contributed by atoms with Gasteiger partial charge in [-0.15, -0.1) is 0 Å². The fourth-order valence-electron chi connectivity index (χ4n) is 3.19. The molecule has 1 fully saturated rings. The second-order valence-electron chi connectivity index (χ2n) is 6.88. The third kappa shape index (κ3) is 5.56. The average Bonchev–Trinajstić information content (AvgIpc) is 3.00. The topological polar surface area (TPSA) is 53.8 Å². The second-order valence-corrected chi connectivity index (χ2v) is 6.88. The maximum Gasteiger partial charge on any atom is 0.119 e. The van der Waals surface area contributed by atoms with E-state index in [0.717, 1.165) is 44.0 Å². The van der Waals surface area contributed by atoms with Crippen molar-refractivity contribution in [3.05, 3.63) is 47.8 Å². The molecule has 1 aliphatic heterocycles. The lowest BCUT2D eigenvalue weighted by Crippen LogP contribution is -2.48. The summed E-state index contributed by atoms with van der Waals surface area (Å²) in [7, 11) is 1.95. The molecule has 6 heteroatoms. The zero-order valence-electron chi connectivity index (χ0n) is 15.1. The monoisotopic (exact) mass is 344 g/mol. The Morgan fingerprint density at radius 3 is 2.64 bits per heavy atom. The van der Waals surface area contributed by atoms with Gasteiger partial charge in [0.15, 0.2) is 0 Å². The first kappa shape index (κ1) is 17.9. The van der Waals surface area contributed by atoms with Crippen LogP contribution in [0.1, 0.15) is 11.1 Å². The van der Waals surface area contributed by atoms with E-state index in [4.69, 9.17) is 4.74 Å². The summed E-state index contributed by atoms with van der Waals surface area (Å²) in [5.74, 6) is 0.820. The highest BCUT2D eigenvalue weighted by atomic mass is 16.5. The van der Waals surface area contributed by atoms with Crippen molar-refractivity contribution < 1.29 is 9.84 Å². The lowest BCUT2D eigenvalue weighted by atomic mass is 10.2. The molecule has 1 unspecified atom stereocenters. The zero-order valence-corrected chi connectivity index (χ0v) is 15.1. The van der Waals surface area contributed by atoms with Crippen molar-refractivity contribution in [1.29, 1.82) is 0 Å². The molecule has 25 heavy (non-hydrogen) atoms. The van der Waals surface area contributed by atoms with Crippen LogP contribution in [-0.2, 0) is 13.6 Å². The smallest absolute Gasteiger partial charge is 0.119 e. The van der Waals surface area contributed by atoms with Crippen LogP contribution in [0.3, 0.4) is 0 Å². The van der Waals surface area contributed by atoms with E-state index in [-0.39, 0.29) is 0 Å². The number of rotatable bonds is 7. The molecule has 0 spiro atoms. The minimum Gasteiger partial charge on any atom is -0.491 e. The van der Waals surface area contributed by atoms with Gasteiger partial charge in [-0.1, -0.05) is 12.1 Å². The second kappa shape index (κ2) is 8.47. The summed E-state index contributed by atoms with van der Waals surface area (Å²) in [5.41, 5.74) is 2.42. The van der Waals surface area contributed by atoms with Gasteiger partial charge in [0, 0.05) is 58.1 Å². The van der Waals surface area contributed by atoms with E-state index < -0.39 is 6.10 Å². The van der Waals surface area contributed by atoms with Gasteiger partial charge in [0.25, 0.3) is 0 Å². The molecule has 0 radical (unpaired) electrons. The minimum atomic E-state index is -0.467. The molecule has 0 amide bonds. The van der Waals surface area contributed by atoms with E-state index in [2.05, 4.69) is 21.1 Å². The first-order valence-corrected chi connectivity index (χ1v) is 8.88. The first-order valence-electron chi connectivity index (χ1n) is 8.88. The molecule has 2 heterocycles. The van der Waals surface area contributed by atoms with Crippen molar-refractivity contribution in [3.8, 4) is 5.75 Å². The highest BCUT2D eigenvalue weighted by Gasteiger charge is 2.20. The molecule has 1 aromatic heterocycles. The van der Waals surface area contributed by atoms with Crippen molar-refractivity contribution in [2.24, 2.45) is 7.05 Å². The molecule has 136 valence electrons. The van der Waals surface area contributed by atoms with Gasteiger partial charge in [0.05, 0.1) is 6.20 Å². The number of β-amino-alcohol motifs (C(OH)–C–C–N with tert-alkyl or cyclic N) is 1. The van der Waals surface area contributed by atoms with Gasteiger partial charge in [0.2, 0.25) is 0 Å². The lowest BCUT2D eigenvalue weighted by Gasteiger charge is -2.35. The van der Waals surface area contributed by atoms with Crippen LogP contribution in [0.4, 0.5) is 0 Å². The number of nitrogens with zero attached hydrogens (tertiary/aromatic N) is 4. The minimum absolute atomic E-state index is 0.333. The largest absolute Gasteiger partial charge is 0.491 e. The molecule has 1 aromatic carbocycles. The first-order chi connectivity index (χ1) is 12.1. The molecule has 1 saturated heterocycles. The van der Waals surface area contributed by atoms with Gasteiger partial charge in [0.1, 0.15) is 18.5 Å². The Hall–Kier alpha value is -1.89. The van der Waals surface area contributed by atoms with E-state index in [1.54, 1.807) is 0 Å². The summed E-state index contributed by atoms with van der Waals surface area (Å²) in [5, 5.41) is 14.5. The highest BCUT2D eigenvalue weighted by Crippen LogP contribution is 2.13. The van der Waals surface area contributed by atoms with Crippen LogP contribution in [0.5, 0.6) is 5.75 Å². The van der Waals surface area contributed by atoms with Crippen LogP contribution in [0, 0.1) is 6.92 Å². The number of hydrogen-bond donors (Lipinski definition) is 1. The summed E-state index contributed by atoms with van der Waals surface area (Å²) >= 11 is 0. The number of benzene rings is 1. The summed E-state index contributed by atoms with van der Waals surface area (Å²) < 4.78 is 7.54. The number of aliphatic hydroxyl groups is 1. The van der Waals surface area contributed by atoms with Crippen molar-refractivity contribution in [1.82, 2.24) is 19.6 Å². The number of ether oxygens (including phenoxy) is 1. The van der Waals surface area contributed by atoms with Gasteiger partial charge in [-0.3, -0.25) is 14.5 Å². The van der Waals surface area contributed by atoms with Crippen LogP contribution >= 0.6 is 0 Å². The van der Waals surface area contributed by atoms with Crippen LogP contribution in [0.25, 0.3) is 0 Å². The molecule has 0 bridgehead atoms. The predicted molar refractivity (Wildman–Crippen MR) is 97.6 cm³/mol. The molecule has 0 aliphatic carbocycles. The summed E-state index contributed by atoms with van der Waals surface area (Å²) in [6.07, 6.45) is 3.53. The average molecular weight is 344 g/mol. The molecular weight excluding hydrogens is 316 g/mol. The number of piperazine rings is 1. The van der Waals surface area contributed by atoms with Gasteiger partial charge < -0.3 is 9.84 Å². The van der Waals surface area contributed by atoms with E-state index in [0.29, 0.717) is 13.2 Å². The Bertz CT molecular complexity index is 665. The standard InChI is InChI=1S/C19H28N4O2/c1-16-4-3-5-19(10-16)25-15-18(24)14-23-8-6-22(7-9-23)13-17-11-20-21(2)12-17/h3-5,10-12,18,24H,6-9,13-15H2,1-2H3. The molecule has 3 rings (SSSR count). The van der Waals surface area contributed by atoms with E-state index in [1.165, 1.54) is 5.56 Å². The van der Waals surface area contributed by atoms with Gasteiger partial charge in [-0.05, 0) is 24.6 Å². The predicted octanol–water partition coefficient (Wildman–Crippen LogP) is 1.29. The van der Waals surface area contributed by atoms with Crippen molar-refractivity contribution in [2.75, 3.05) is 39.3 Å². The van der Waals surface area contributed by atoms with Crippen LogP contribution in [-0.4, -0.2) is 70.1 Å². The fourth-order valence-corrected chi connectivity index (χ4v) is 3.19. The molecule has 6 nitrogen and oxygen atoms in total. The maximum atomic E-state index is 10.2. The Labute approximate surface area is 149 Å². The quantitative estimate of drug-likeness (QED) is 0.820. The normalized spacial score (nSPS) is 17.6. The number of aromatic nitrogens is 2. The Balaban J connectivity index is 1.36. The summed E-state index contributed by atoms with van der Waals surface area (Å²) in [6.45, 7) is 7.95. The Morgan fingerprint density at radius 1 is 1.20 bits per heavy atom. The summed E-state index contributed by atoms with van der Waals surface area (Å²) in [4.78, 5) is 4.74. The number of aryl methyl sites for hydroxylation is 2. The van der Waals surface area contributed by atoms with E-state index >= 15 is 0 Å². The van der Waals surface area contributed by atoms with Crippen LogP contribution in [0.2, 0.25) is 0 Å². The van der Waals surface area contributed by atoms with Gasteiger partial charge in [-0.25, -0.2) is 0 Å². The van der Waals surface area contributed by atoms with E-state index in [1.807, 2.05) is 49.1 Å². The number of aliphatic hydroxyl groups excluding tert-OH is 1. The SMILES string of the molecule is Cc1cccc(OCC(O)CN2CCN(Cc3cnn(C)c3)CC2)c1. The summed E-state index contributed by atoms with van der Waals surface area (Å²) in [6, 6.07) is 7.92. The molecule has 0 saturated carbocycles. The molecule has 1 aliphatic rings. The number of hydrogen-bond acceptors (Lipinski definition) is 5. The third-order valence-corrected chi connectivity index (χ3v) is 4.53. The fraction of sp³-hybridized carbons (Fsp3) is 0.526. The lowest BCUT2D eigenvalue weighted by molar-refractivity contribution is 0.0446. The van der Waals surface area contributed by atoms with Gasteiger partial charge in [-0.2, -0.15) is 5.10 Å². The maximum absolute atomic E-state index is 10.2. The van der Waals surface area contributed by atoms with Crippen molar-refractivity contribution in [2.45, 2.75) is 19.6 Å². The Morgan fingerprint density at radius 2 is 1.96 bits per heavy atom. The molecule has 2 aromatic rings. The highest BCUT2D eigenvalue weighted by molar-refractivity contribution is 5.27. The van der Waals surface area contributed by atoms with Gasteiger partial charge >= 0.3 is 0 Å². The molecule has 1 N–H and O–H groups in total. The van der Waals surface area contributed by atoms with Crippen LogP contribution < -0.4 is 4.74 Å². The third-order valence-electron chi connectivity index (χ3n) is 4.53. The molecular formula is C19H28N4O2. The zero-order chi connectivity index (χ0) is 17.6. The van der Waals surface area contributed by atoms with Crippen molar-refractivity contribution in [3.63, 3.8) is 0 Å². The van der Waals surface area contributed by atoms with E-state index in [9.17, 15) is 5.11 Å². The molecule has 1 atom stereocenters. The van der Waals surface area contributed by atoms with Crippen LogP contribution in [0.15, 0.2) is 36.7 Å².